The SMILES string of the molecule is C1=CCC2C(=C1)c1cnccc1N2c1cc(-n2c3ccccc3c3cnccc32)c(-n2c3ccccc3c3cnccc32)c(-c2nc(-c3ccccc3)nc(-n3c4ccccc4c4ccccc43)n2)c1-n1c2ccccc2c2cnccc21. The second-order valence-electron chi connectivity index (χ2n) is 21.3. The predicted octanol–water partition coefficient (Wildman–Crippen LogP) is 16.0. The van der Waals surface area contributed by atoms with Crippen LogP contribution in [-0.4, -0.2) is 59.2 Å². The molecule has 7 aromatic carbocycles. The summed E-state index contributed by atoms with van der Waals surface area (Å²) < 4.78 is 9.52. The van der Waals surface area contributed by atoms with Gasteiger partial charge in [0.05, 0.1) is 84.2 Å². The van der Waals surface area contributed by atoms with Crippen LogP contribution in [0.2, 0.25) is 0 Å². The Hall–Kier alpha value is -11.4. The third-order valence-corrected chi connectivity index (χ3v) is 17.1. The number of rotatable bonds is 7. The average molecular weight is 1070 g/mol. The van der Waals surface area contributed by atoms with Gasteiger partial charge in [0, 0.05) is 104 Å². The van der Waals surface area contributed by atoms with Gasteiger partial charge in [-0.2, -0.15) is 9.97 Å². The van der Waals surface area contributed by atoms with E-state index in [2.05, 4.69) is 205 Å². The van der Waals surface area contributed by atoms with Crippen molar-refractivity contribution in [1.82, 2.24) is 53.2 Å². The standard InChI is InChI=1S/C71H44N12/c1-2-16-43(17-3-1)69-76-70(78-71(77-69)83-58-28-14-4-18-44(58)45-19-5-15-29-59(45)83)66-67(81-56-26-12-8-22-48(56)52-41-74-36-32-62(52)81)64(79-54-24-10-6-20-46(54)50-39-72-34-30-60(50)79)38-65(80-55-25-11-7-21-47(55)51-40-73-35-31-61(51)80)68(66)82-57-27-13-9-23-49(57)53-42-75-37-33-63(53)82/h1-24,26-42,55H,25H2. The topological polar surface area (TPSA) is 113 Å². The van der Waals surface area contributed by atoms with Crippen LogP contribution < -0.4 is 4.90 Å². The summed E-state index contributed by atoms with van der Waals surface area (Å²) in [6.45, 7) is 0. The summed E-state index contributed by atoms with van der Waals surface area (Å²) >= 11 is 0. The number of hydrogen-bond acceptors (Lipinski definition) is 8. The summed E-state index contributed by atoms with van der Waals surface area (Å²) in [7, 11) is 0. The molecule has 1 aliphatic carbocycles. The van der Waals surface area contributed by atoms with Crippen LogP contribution in [0.15, 0.2) is 250 Å². The summed E-state index contributed by atoms with van der Waals surface area (Å²) in [4.78, 5) is 39.2. The highest BCUT2D eigenvalue weighted by Crippen LogP contribution is 2.55. The number of allylic oxidation sites excluding steroid dienone is 2. The van der Waals surface area contributed by atoms with Crippen LogP contribution in [0.5, 0.6) is 0 Å². The first-order chi connectivity index (χ1) is 41.2. The van der Waals surface area contributed by atoms with E-state index in [4.69, 9.17) is 34.9 Å². The zero-order valence-corrected chi connectivity index (χ0v) is 44.3. The Morgan fingerprint density at radius 3 is 1.39 bits per heavy atom. The van der Waals surface area contributed by atoms with Crippen molar-refractivity contribution in [3.63, 3.8) is 0 Å². The molecular formula is C71H44N12. The average Bonchev–Trinajstić information content (AvgIpc) is 3.61. The lowest BCUT2D eigenvalue weighted by molar-refractivity contribution is 0.825. The van der Waals surface area contributed by atoms with Crippen molar-refractivity contribution in [1.29, 1.82) is 0 Å². The van der Waals surface area contributed by atoms with Crippen LogP contribution in [-0.2, 0) is 0 Å². The molecule has 10 heterocycles. The van der Waals surface area contributed by atoms with Gasteiger partial charge in [0.25, 0.3) is 0 Å². The van der Waals surface area contributed by atoms with Gasteiger partial charge in [0.2, 0.25) is 5.95 Å². The van der Waals surface area contributed by atoms with E-state index in [1.807, 2.05) is 67.8 Å². The number of anilines is 2. The second kappa shape index (κ2) is 17.6. The first-order valence-corrected chi connectivity index (χ1v) is 27.9. The predicted molar refractivity (Wildman–Crippen MR) is 333 cm³/mol. The Bertz CT molecular complexity index is 5250. The first-order valence-electron chi connectivity index (χ1n) is 27.9. The molecule has 1 unspecified atom stereocenters. The zero-order chi connectivity index (χ0) is 54.3. The van der Waals surface area contributed by atoms with Gasteiger partial charge in [0.1, 0.15) is 0 Å². The Kier molecular flexibility index (Phi) is 9.63. The molecule has 2 aliphatic rings. The van der Waals surface area contributed by atoms with Crippen molar-refractivity contribution < 1.29 is 0 Å². The van der Waals surface area contributed by atoms with Crippen molar-refractivity contribution in [2.24, 2.45) is 0 Å². The molecule has 0 N–H and O–H groups in total. The largest absolute Gasteiger partial charge is 0.331 e. The van der Waals surface area contributed by atoms with Crippen molar-refractivity contribution in [3.8, 4) is 45.8 Å². The maximum atomic E-state index is 5.99. The van der Waals surface area contributed by atoms with E-state index in [1.165, 1.54) is 5.57 Å². The van der Waals surface area contributed by atoms with E-state index in [9.17, 15) is 0 Å². The quantitative estimate of drug-likeness (QED) is 0.155. The van der Waals surface area contributed by atoms with E-state index in [-0.39, 0.29) is 6.04 Å². The number of hydrogen-bond donors (Lipinski definition) is 0. The van der Waals surface area contributed by atoms with Crippen LogP contribution in [0.3, 0.4) is 0 Å². The maximum absolute atomic E-state index is 5.99. The molecule has 0 saturated carbocycles. The molecule has 12 heteroatoms. The smallest absolute Gasteiger partial charge is 0.238 e. The fourth-order valence-electron chi connectivity index (χ4n) is 13.7. The van der Waals surface area contributed by atoms with E-state index in [0.717, 1.165) is 139 Å². The Morgan fingerprint density at radius 1 is 0.361 bits per heavy atom. The van der Waals surface area contributed by atoms with Crippen LogP contribution in [0.25, 0.3) is 139 Å². The van der Waals surface area contributed by atoms with Gasteiger partial charge in [0.15, 0.2) is 11.6 Å². The van der Waals surface area contributed by atoms with E-state index in [1.54, 1.807) is 0 Å². The summed E-state index contributed by atoms with van der Waals surface area (Å²) in [5, 5.41) is 8.46. The fourth-order valence-corrected chi connectivity index (χ4v) is 13.7. The molecule has 0 amide bonds. The lowest BCUT2D eigenvalue weighted by Gasteiger charge is -2.34. The molecule has 0 radical (unpaired) electrons. The maximum Gasteiger partial charge on any atom is 0.238 e. The molecule has 0 saturated heterocycles. The number of aromatic nitrogens is 11. The minimum absolute atomic E-state index is 0.104. The molecule has 12 nitrogen and oxygen atoms in total. The minimum Gasteiger partial charge on any atom is -0.331 e. The van der Waals surface area contributed by atoms with Crippen molar-refractivity contribution in [2.75, 3.05) is 4.90 Å². The molecule has 0 fully saturated rings. The van der Waals surface area contributed by atoms with Gasteiger partial charge >= 0.3 is 0 Å². The molecule has 0 bridgehead atoms. The lowest BCUT2D eigenvalue weighted by atomic mass is 9.96. The van der Waals surface area contributed by atoms with E-state index in [0.29, 0.717) is 17.6 Å². The number of nitrogens with zero attached hydrogens (tertiary/aromatic N) is 12. The third-order valence-electron chi connectivity index (χ3n) is 17.1. The third kappa shape index (κ3) is 6.48. The number of fused-ring (bicyclic) bond motifs is 15. The highest BCUT2D eigenvalue weighted by atomic mass is 15.2. The van der Waals surface area contributed by atoms with Crippen LogP contribution in [0.1, 0.15) is 12.0 Å². The van der Waals surface area contributed by atoms with Crippen molar-refractivity contribution in [2.45, 2.75) is 12.5 Å². The molecule has 83 heavy (non-hydrogen) atoms. The zero-order valence-electron chi connectivity index (χ0n) is 44.3. The second-order valence-corrected chi connectivity index (χ2v) is 21.3. The normalized spacial score (nSPS) is 14.1. The molecule has 16 aromatic rings. The Morgan fingerprint density at radius 2 is 0.807 bits per heavy atom. The minimum atomic E-state index is -0.104. The van der Waals surface area contributed by atoms with E-state index >= 15 is 0 Å². The van der Waals surface area contributed by atoms with Crippen molar-refractivity contribution in [3.05, 3.63) is 255 Å². The van der Waals surface area contributed by atoms with Gasteiger partial charge in [-0.05, 0) is 72.7 Å². The fraction of sp³-hybridized carbons (Fsp3) is 0.0282. The van der Waals surface area contributed by atoms with Gasteiger partial charge in [-0.15, -0.1) is 0 Å². The highest BCUT2D eigenvalue weighted by molar-refractivity contribution is 6.16. The van der Waals surface area contributed by atoms with Crippen molar-refractivity contribution >= 4 is 104 Å². The Balaban J connectivity index is 1.14. The van der Waals surface area contributed by atoms with Gasteiger partial charge in [-0.3, -0.25) is 24.5 Å². The molecule has 388 valence electrons. The van der Waals surface area contributed by atoms with E-state index < -0.39 is 0 Å². The first kappa shape index (κ1) is 45.5. The summed E-state index contributed by atoms with van der Waals surface area (Å²) in [6.07, 6.45) is 23.1. The molecule has 1 aliphatic heterocycles. The van der Waals surface area contributed by atoms with Crippen LogP contribution in [0, 0.1) is 0 Å². The monoisotopic (exact) mass is 1060 g/mol. The number of pyridine rings is 4. The lowest BCUT2D eigenvalue weighted by Crippen LogP contribution is -2.29. The van der Waals surface area contributed by atoms with Crippen LogP contribution >= 0.6 is 0 Å². The Labute approximate surface area is 473 Å². The molecule has 18 rings (SSSR count). The highest BCUT2D eigenvalue weighted by Gasteiger charge is 2.40. The molecular weight excluding hydrogens is 1020 g/mol. The number of para-hydroxylation sites is 5. The summed E-state index contributed by atoms with van der Waals surface area (Å²) in [5.41, 5.74) is 16.5. The van der Waals surface area contributed by atoms with Gasteiger partial charge in [-0.1, -0.05) is 140 Å². The summed E-state index contributed by atoms with van der Waals surface area (Å²) in [5.74, 6) is 1.48. The van der Waals surface area contributed by atoms with Gasteiger partial charge in [-0.25, -0.2) is 4.98 Å². The number of benzene rings is 7. The van der Waals surface area contributed by atoms with Crippen LogP contribution in [0.4, 0.5) is 11.4 Å². The molecule has 1 atom stereocenters. The van der Waals surface area contributed by atoms with Gasteiger partial charge < -0.3 is 18.6 Å². The molecule has 0 spiro atoms. The summed E-state index contributed by atoms with van der Waals surface area (Å²) in [6, 6.07) is 64.3. The molecule has 9 aromatic heterocycles.